The van der Waals surface area contributed by atoms with Gasteiger partial charge in [0.05, 0.1) is 13.2 Å². The third-order valence-electron chi connectivity index (χ3n) is 5.14. The van der Waals surface area contributed by atoms with Crippen molar-refractivity contribution in [3.05, 3.63) is 71.9 Å². The second-order valence-corrected chi connectivity index (χ2v) is 7.22. The molecule has 2 aromatic carbocycles. The number of fused-ring (bicyclic) bond motifs is 1. The number of benzene rings is 2. The fourth-order valence-electron chi connectivity index (χ4n) is 3.63. The lowest BCUT2D eigenvalue weighted by atomic mass is 10.1. The summed E-state index contributed by atoms with van der Waals surface area (Å²) in [7, 11) is 0. The van der Waals surface area contributed by atoms with E-state index in [-0.39, 0.29) is 23.9 Å². The highest BCUT2D eigenvalue weighted by molar-refractivity contribution is 6.04. The van der Waals surface area contributed by atoms with Crippen molar-refractivity contribution < 1.29 is 14.3 Å². The van der Waals surface area contributed by atoms with Gasteiger partial charge in [0.2, 0.25) is 5.91 Å². The Morgan fingerprint density at radius 2 is 1.77 bits per heavy atom. The lowest BCUT2D eigenvalue weighted by Gasteiger charge is -2.26. The summed E-state index contributed by atoms with van der Waals surface area (Å²) in [5.41, 5.74) is 2.37. The summed E-state index contributed by atoms with van der Waals surface area (Å²) in [5, 5.41) is 13.4. The molecule has 0 aliphatic carbocycles. The molecule has 1 saturated heterocycles. The fraction of sp³-hybridized carbons (Fsp3) is 0.208. The van der Waals surface area contributed by atoms with Gasteiger partial charge in [-0.15, -0.1) is 0 Å². The normalized spacial score (nSPS) is 14.3. The first-order valence-corrected chi connectivity index (χ1v) is 10.1. The van der Waals surface area contributed by atoms with Gasteiger partial charge in [0.25, 0.3) is 5.91 Å². The molecule has 3 aromatic rings. The van der Waals surface area contributed by atoms with Crippen LogP contribution in [0.1, 0.15) is 5.56 Å². The predicted molar refractivity (Wildman–Crippen MR) is 118 cm³/mol. The van der Waals surface area contributed by atoms with E-state index in [1.54, 1.807) is 17.2 Å². The van der Waals surface area contributed by atoms with Crippen molar-refractivity contribution in [2.45, 2.75) is 6.54 Å². The number of amides is 2. The first kappa shape index (κ1) is 20.4. The number of para-hydroxylation sites is 2. The number of morpholine rings is 1. The molecule has 1 aliphatic heterocycles. The first-order chi connectivity index (χ1) is 15.2. The van der Waals surface area contributed by atoms with Gasteiger partial charge in [0, 0.05) is 41.4 Å². The van der Waals surface area contributed by atoms with Crippen LogP contribution in [0.25, 0.3) is 17.0 Å². The Morgan fingerprint density at radius 1 is 1.06 bits per heavy atom. The molecule has 1 aromatic heterocycles. The number of ether oxygens (including phenoxy) is 1. The lowest BCUT2D eigenvalue weighted by molar-refractivity contribution is -0.130. The molecule has 7 heteroatoms. The minimum atomic E-state index is -0.301. The number of anilines is 1. The monoisotopic (exact) mass is 414 g/mol. The lowest BCUT2D eigenvalue weighted by Crippen LogP contribution is -2.41. The van der Waals surface area contributed by atoms with E-state index in [1.165, 1.54) is 0 Å². The van der Waals surface area contributed by atoms with Crippen LogP contribution in [-0.4, -0.2) is 47.6 Å². The molecule has 0 spiro atoms. The number of nitrogens with zero attached hydrogens (tertiary/aromatic N) is 3. The number of nitrogens with one attached hydrogen (secondary N) is 1. The third kappa shape index (κ3) is 4.65. The SMILES string of the molecule is N#C/C(=C\c1cn(CC(=O)Nc2ccccc2)c2ccccc12)C(=O)N1CCOCC1. The van der Waals surface area contributed by atoms with Gasteiger partial charge in [-0.1, -0.05) is 36.4 Å². The number of rotatable bonds is 5. The Kier molecular flexibility index (Phi) is 6.11. The molecular weight excluding hydrogens is 392 g/mol. The van der Waals surface area contributed by atoms with Crippen molar-refractivity contribution in [3.63, 3.8) is 0 Å². The van der Waals surface area contributed by atoms with E-state index in [2.05, 4.69) is 5.32 Å². The van der Waals surface area contributed by atoms with E-state index in [4.69, 9.17) is 4.74 Å². The van der Waals surface area contributed by atoms with E-state index in [0.29, 0.717) is 26.3 Å². The highest BCUT2D eigenvalue weighted by Gasteiger charge is 2.21. The molecule has 1 aliphatic rings. The van der Waals surface area contributed by atoms with Crippen molar-refractivity contribution in [2.24, 2.45) is 0 Å². The maximum atomic E-state index is 12.8. The first-order valence-electron chi connectivity index (χ1n) is 10.1. The Bertz CT molecular complexity index is 1170. The number of hydrogen-bond acceptors (Lipinski definition) is 4. The molecule has 2 heterocycles. The van der Waals surface area contributed by atoms with Crippen molar-refractivity contribution >= 4 is 34.5 Å². The zero-order valence-electron chi connectivity index (χ0n) is 17.0. The standard InChI is InChI=1S/C24H22N4O3/c25-15-18(24(30)27-10-12-31-13-11-27)14-19-16-28(22-9-5-4-8-21(19)22)17-23(29)26-20-6-2-1-3-7-20/h1-9,14,16H,10-13,17H2,(H,26,29)/b18-14+. The summed E-state index contributed by atoms with van der Waals surface area (Å²) in [4.78, 5) is 27.0. The van der Waals surface area contributed by atoms with Crippen molar-refractivity contribution in [1.82, 2.24) is 9.47 Å². The Hall–Kier alpha value is -3.89. The summed E-state index contributed by atoms with van der Waals surface area (Å²) >= 11 is 0. The number of carbonyl (C=O) groups excluding carboxylic acids is 2. The summed E-state index contributed by atoms with van der Waals surface area (Å²) in [6, 6.07) is 18.9. The number of hydrogen-bond donors (Lipinski definition) is 1. The molecule has 0 saturated carbocycles. The van der Waals surface area contributed by atoms with Gasteiger partial charge in [-0.2, -0.15) is 5.26 Å². The van der Waals surface area contributed by atoms with Crippen molar-refractivity contribution in [2.75, 3.05) is 31.6 Å². The van der Waals surface area contributed by atoms with E-state index in [0.717, 1.165) is 22.2 Å². The minimum Gasteiger partial charge on any atom is -0.378 e. The number of carbonyl (C=O) groups is 2. The van der Waals surface area contributed by atoms with Crippen LogP contribution < -0.4 is 5.32 Å². The Labute approximate surface area is 180 Å². The second kappa shape index (κ2) is 9.28. The van der Waals surface area contributed by atoms with Gasteiger partial charge < -0.3 is 19.5 Å². The van der Waals surface area contributed by atoms with E-state index in [9.17, 15) is 14.9 Å². The van der Waals surface area contributed by atoms with E-state index in [1.807, 2.05) is 65.2 Å². The van der Waals surface area contributed by atoms with Gasteiger partial charge in [-0.3, -0.25) is 9.59 Å². The summed E-state index contributed by atoms with van der Waals surface area (Å²) in [6.07, 6.45) is 3.41. The van der Waals surface area contributed by atoms with Gasteiger partial charge in [-0.05, 0) is 24.3 Å². The molecule has 0 bridgehead atoms. The zero-order chi connectivity index (χ0) is 21.6. The number of aromatic nitrogens is 1. The molecule has 156 valence electrons. The van der Waals surface area contributed by atoms with Gasteiger partial charge in [0.1, 0.15) is 18.2 Å². The van der Waals surface area contributed by atoms with Crippen LogP contribution in [0, 0.1) is 11.3 Å². The summed E-state index contributed by atoms with van der Waals surface area (Å²) < 4.78 is 7.11. The summed E-state index contributed by atoms with van der Waals surface area (Å²) in [6.45, 7) is 2.00. The Morgan fingerprint density at radius 3 is 2.52 bits per heavy atom. The molecule has 0 unspecified atom stereocenters. The summed E-state index contributed by atoms with van der Waals surface area (Å²) in [5.74, 6) is -0.461. The van der Waals surface area contributed by atoms with Crippen LogP contribution in [-0.2, 0) is 20.9 Å². The molecule has 0 radical (unpaired) electrons. The molecule has 31 heavy (non-hydrogen) atoms. The van der Waals surface area contributed by atoms with Crippen LogP contribution in [0.5, 0.6) is 0 Å². The van der Waals surface area contributed by atoms with Gasteiger partial charge >= 0.3 is 0 Å². The predicted octanol–water partition coefficient (Wildman–Crippen LogP) is 3.05. The van der Waals surface area contributed by atoms with Crippen LogP contribution >= 0.6 is 0 Å². The van der Waals surface area contributed by atoms with Crippen LogP contribution in [0.3, 0.4) is 0 Å². The second-order valence-electron chi connectivity index (χ2n) is 7.22. The van der Waals surface area contributed by atoms with Crippen LogP contribution in [0.15, 0.2) is 66.4 Å². The van der Waals surface area contributed by atoms with E-state index < -0.39 is 0 Å². The minimum absolute atomic E-state index is 0.0681. The quantitative estimate of drug-likeness (QED) is 0.514. The molecule has 0 atom stereocenters. The molecule has 2 amide bonds. The highest BCUT2D eigenvalue weighted by Crippen LogP contribution is 2.24. The molecular formula is C24H22N4O3. The molecule has 7 nitrogen and oxygen atoms in total. The molecule has 1 fully saturated rings. The average molecular weight is 414 g/mol. The molecule has 4 rings (SSSR count). The molecule has 1 N–H and O–H groups in total. The smallest absolute Gasteiger partial charge is 0.264 e. The third-order valence-corrected chi connectivity index (χ3v) is 5.14. The van der Waals surface area contributed by atoms with Crippen molar-refractivity contribution in [1.29, 1.82) is 5.26 Å². The zero-order valence-corrected chi connectivity index (χ0v) is 17.0. The topological polar surface area (TPSA) is 87.4 Å². The largest absolute Gasteiger partial charge is 0.378 e. The Balaban J connectivity index is 1.61. The fourth-order valence-corrected chi connectivity index (χ4v) is 3.63. The van der Waals surface area contributed by atoms with Crippen LogP contribution in [0.2, 0.25) is 0 Å². The maximum Gasteiger partial charge on any atom is 0.264 e. The van der Waals surface area contributed by atoms with Gasteiger partial charge in [-0.25, -0.2) is 0 Å². The van der Waals surface area contributed by atoms with Crippen molar-refractivity contribution in [3.8, 4) is 6.07 Å². The van der Waals surface area contributed by atoms with Crippen LogP contribution in [0.4, 0.5) is 5.69 Å². The van der Waals surface area contributed by atoms with Gasteiger partial charge in [0.15, 0.2) is 0 Å². The highest BCUT2D eigenvalue weighted by atomic mass is 16.5. The maximum absolute atomic E-state index is 12.8. The van der Waals surface area contributed by atoms with E-state index >= 15 is 0 Å². The average Bonchev–Trinajstić information content (AvgIpc) is 3.15. The number of nitriles is 1.